The third kappa shape index (κ3) is 3.46. The van der Waals surface area contributed by atoms with E-state index in [-0.39, 0.29) is 23.5 Å². The molecule has 1 saturated heterocycles. The van der Waals surface area contributed by atoms with Gasteiger partial charge in [0.1, 0.15) is 6.17 Å². The number of halogens is 1. The number of alkyl halides is 1. The number of aliphatic imine (C=N–C) groups is 1. The highest BCUT2D eigenvalue weighted by Crippen LogP contribution is 2.35. The minimum atomic E-state index is -2.97. The third-order valence-corrected chi connectivity index (χ3v) is 7.28. The quantitative estimate of drug-likeness (QED) is 0.833. The maximum absolute atomic E-state index is 15.3. The van der Waals surface area contributed by atoms with E-state index in [0.717, 1.165) is 37.8 Å². The van der Waals surface area contributed by atoms with Crippen LogP contribution in [0.2, 0.25) is 0 Å². The van der Waals surface area contributed by atoms with Gasteiger partial charge in [0.2, 0.25) is 0 Å². The van der Waals surface area contributed by atoms with E-state index in [9.17, 15) is 8.42 Å². The second kappa shape index (κ2) is 6.76. The van der Waals surface area contributed by atoms with Crippen molar-refractivity contribution in [1.82, 2.24) is 4.90 Å². The van der Waals surface area contributed by atoms with E-state index in [1.807, 2.05) is 4.90 Å². The molecule has 3 aliphatic rings. The largest absolute Gasteiger partial charge is 0.322 e. The normalized spacial score (nSPS) is 41.2. The molecule has 2 N–H and O–H groups in total. The van der Waals surface area contributed by atoms with Gasteiger partial charge in [0.05, 0.1) is 29.6 Å². The first-order valence-corrected chi connectivity index (χ1v) is 10.7. The van der Waals surface area contributed by atoms with Crippen LogP contribution in [-0.4, -0.2) is 67.9 Å². The molecule has 5 unspecified atom stereocenters. The summed E-state index contributed by atoms with van der Waals surface area (Å²) in [4.78, 5) is 6.65. The highest BCUT2D eigenvalue weighted by atomic mass is 32.2. The Morgan fingerprint density at radius 1 is 1.35 bits per heavy atom. The Bertz CT molecular complexity index is 552. The average Bonchev–Trinajstić information content (AvgIpc) is 2.69. The first-order valence-electron chi connectivity index (χ1n) is 8.83. The monoisotopic (exact) mass is 345 g/mol. The molecule has 5 nitrogen and oxygen atoms in total. The van der Waals surface area contributed by atoms with Gasteiger partial charge in [-0.15, -0.1) is 0 Å². The fraction of sp³-hybridized carbons (Fsp3) is 0.938. The second-order valence-corrected chi connectivity index (χ2v) is 9.50. The van der Waals surface area contributed by atoms with Gasteiger partial charge in [0.25, 0.3) is 0 Å². The lowest BCUT2D eigenvalue weighted by atomic mass is 9.83. The van der Waals surface area contributed by atoms with Crippen LogP contribution < -0.4 is 5.73 Å². The first kappa shape index (κ1) is 17.3. The molecule has 0 spiro atoms. The summed E-state index contributed by atoms with van der Waals surface area (Å²) >= 11 is 0. The lowest BCUT2D eigenvalue weighted by Gasteiger charge is -2.44. The van der Waals surface area contributed by atoms with E-state index < -0.39 is 28.1 Å². The van der Waals surface area contributed by atoms with E-state index >= 15 is 4.39 Å². The molecular weight excluding hydrogens is 317 g/mol. The minimum Gasteiger partial charge on any atom is -0.322 e. The van der Waals surface area contributed by atoms with Crippen LogP contribution in [0, 0.1) is 5.92 Å². The molecule has 23 heavy (non-hydrogen) atoms. The van der Waals surface area contributed by atoms with Crippen molar-refractivity contribution in [2.45, 2.75) is 63.3 Å². The van der Waals surface area contributed by atoms with Crippen molar-refractivity contribution in [3.8, 4) is 0 Å². The molecule has 0 aromatic rings. The van der Waals surface area contributed by atoms with Crippen LogP contribution in [-0.2, 0) is 9.84 Å². The van der Waals surface area contributed by atoms with Gasteiger partial charge in [-0.1, -0.05) is 13.3 Å². The number of nitrogens with two attached hydrogens (primary N) is 1. The molecule has 0 radical (unpaired) electrons. The second-order valence-electron chi connectivity index (χ2n) is 7.20. The van der Waals surface area contributed by atoms with E-state index in [1.54, 1.807) is 0 Å². The zero-order chi connectivity index (χ0) is 16.6. The minimum absolute atomic E-state index is 0.110. The molecule has 7 heteroatoms. The predicted octanol–water partition coefficient (Wildman–Crippen LogP) is 1.17. The fourth-order valence-electron chi connectivity index (χ4n) is 4.40. The molecule has 3 aliphatic heterocycles. The Labute approximate surface area is 138 Å². The molecule has 3 heterocycles. The van der Waals surface area contributed by atoms with Gasteiger partial charge in [0, 0.05) is 18.8 Å². The summed E-state index contributed by atoms with van der Waals surface area (Å²) < 4.78 is 38.6. The number of hydrogen-bond acceptors (Lipinski definition) is 5. The van der Waals surface area contributed by atoms with Crippen molar-refractivity contribution in [2.75, 3.05) is 24.6 Å². The number of sulfone groups is 1. The Balaban J connectivity index is 1.82. The zero-order valence-electron chi connectivity index (χ0n) is 13.8. The van der Waals surface area contributed by atoms with Gasteiger partial charge in [-0.2, -0.15) is 0 Å². The van der Waals surface area contributed by atoms with Gasteiger partial charge in [-0.05, 0) is 31.6 Å². The average molecular weight is 345 g/mol. The van der Waals surface area contributed by atoms with Crippen molar-refractivity contribution in [2.24, 2.45) is 16.6 Å². The van der Waals surface area contributed by atoms with Gasteiger partial charge in [-0.3, -0.25) is 9.89 Å². The Hall–Kier alpha value is -0.530. The molecule has 0 aromatic carbocycles. The van der Waals surface area contributed by atoms with E-state index in [0.29, 0.717) is 13.1 Å². The first-order chi connectivity index (χ1) is 10.9. The molecule has 132 valence electrons. The molecule has 2 bridgehead atoms. The number of hydrogen-bond donors (Lipinski definition) is 1. The van der Waals surface area contributed by atoms with Crippen molar-refractivity contribution < 1.29 is 12.8 Å². The van der Waals surface area contributed by atoms with E-state index in [4.69, 9.17) is 5.73 Å². The van der Waals surface area contributed by atoms with Gasteiger partial charge in [-0.25, -0.2) is 12.8 Å². The molecule has 5 atom stereocenters. The zero-order valence-corrected chi connectivity index (χ0v) is 14.6. The van der Waals surface area contributed by atoms with Gasteiger partial charge in [0.15, 0.2) is 9.84 Å². The lowest BCUT2D eigenvalue weighted by Crippen LogP contribution is -2.64. The highest BCUT2D eigenvalue weighted by molar-refractivity contribution is 7.91. The standard InChI is InChI=1S/C16H28FN3O2S/c1-2-4-11-5-3-6-12-14(18)16(13(17)15(11)19-12)20-7-9-23(21,22)10-8-20/h11,13-16H,2-10,18H2,1H3. The van der Waals surface area contributed by atoms with Gasteiger partial charge >= 0.3 is 0 Å². The lowest BCUT2D eigenvalue weighted by molar-refractivity contribution is 0.0714. The van der Waals surface area contributed by atoms with Crippen LogP contribution in [0.4, 0.5) is 4.39 Å². The fourth-order valence-corrected chi connectivity index (χ4v) is 5.63. The van der Waals surface area contributed by atoms with Crippen molar-refractivity contribution in [3.05, 3.63) is 0 Å². The number of fused-ring (bicyclic) bond motifs is 1. The smallest absolute Gasteiger partial charge is 0.152 e. The summed E-state index contributed by atoms with van der Waals surface area (Å²) in [6.45, 7) is 2.91. The Morgan fingerprint density at radius 2 is 2.04 bits per heavy atom. The number of nitrogens with zero attached hydrogens (tertiary/aromatic N) is 2. The maximum atomic E-state index is 15.3. The Morgan fingerprint density at radius 3 is 2.70 bits per heavy atom. The summed E-state index contributed by atoms with van der Waals surface area (Å²) in [5, 5.41) is 0. The molecular formula is C16H28FN3O2S. The summed E-state index contributed by atoms with van der Waals surface area (Å²) in [7, 11) is -2.97. The molecule has 1 fully saturated rings. The summed E-state index contributed by atoms with van der Waals surface area (Å²) in [6, 6.07) is -1.11. The summed E-state index contributed by atoms with van der Waals surface area (Å²) in [5.74, 6) is 0.507. The summed E-state index contributed by atoms with van der Waals surface area (Å²) in [6.07, 6.45) is 3.84. The van der Waals surface area contributed by atoms with Gasteiger partial charge < -0.3 is 5.73 Å². The van der Waals surface area contributed by atoms with Crippen LogP contribution in [0.5, 0.6) is 0 Å². The molecule has 0 amide bonds. The van der Waals surface area contributed by atoms with Crippen LogP contribution >= 0.6 is 0 Å². The SMILES string of the molecule is CCCC1CCCC2=NC1C(F)C(N1CCS(=O)(=O)CC1)C2N. The molecule has 0 saturated carbocycles. The van der Waals surface area contributed by atoms with Crippen molar-refractivity contribution in [1.29, 1.82) is 0 Å². The molecule has 0 aliphatic carbocycles. The van der Waals surface area contributed by atoms with Crippen molar-refractivity contribution >= 4 is 15.5 Å². The third-order valence-electron chi connectivity index (χ3n) is 5.67. The topological polar surface area (TPSA) is 75.8 Å². The molecule has 0 aromatic heterocycles. The van der Waals surface area contributed by atoms with E-state index in [1.165, 1.54) is 0 Å². The van der Waals surface area contributed by atoms with Crippen molar-refractivity contribution in [3.63, 3.8) is 0 Å². The van der Waals surface area contributed by atoms with Crippen LogP contribution in [0.25, 0.3) is 0 Å². The highest BCUT2D eigenvalue weighted by Gasteiger charge is 2.47. The maximum Gasteiger partial charge on any atom is 0.152 e. The molecule has 3 rings (SSSR count). The number of rotatable bonds is 3. The van der Waals surface area contributed by atoms with Crippen LogP contribution in [0.1, 0.15) is 39.0 Å². The van der Waals surface area contributed by atoms with E-state index in [2.05, 4.69) is 11.9 Å². The van der Waals surface area contributed by atoms with Crippen LogP contribution in [0.15, 0.2) is 4.99 Å². The Kier molecular flexibility index (Phi) is 5.09. The summed E-state index contributed by atoms with van der Waals surface area (Å²) in [5.41, 5.74) is 7.29. The predicted molar refractivity (Wildman–Crippen MR) is 90.4 cm³/mol. The van der Waals surface area contributed by atoms with Crippen LogP contribution in [0.3, 0.4) is 0 Å².